The van der Waals surface area contributed by atoms with Crippen LogP contribution in [0.4, 0.5) is 0 Å². The highest BCUT2D eigenvalue weighted by Gasteiger charge is 1.99. The van der Waals surface area contributed by atoms with E-state index in [9.17, 15) is 0 Å². The van der Waals surface area contributed by atoms with Crippen molar-refractivity contribution < 1.29 is 5.21 Å². The molecule has 112 valence electrons. The summed E-state index contributed by atoms with van der Waals surface area (Å²) in [6.45, 7) is 1.92. The summed E-state index contributed by atoms with van der Waals surface area (Å²) >= 11 is 1.92. The Morgan fingerprint density at radius 2 is 1.90 bits per heavy atom. The van der Waals surface area contributed by atoms with Gasteiger partial charge >= 0.3 is 0 Å². The molecule has 1 rings (SSSR count). The highest BCUT2D eigenvalue weighted by atomic mass is 32.2. The topological polar surface area (TPSA) is 70.6 Å². The molecule has 1 aromatic carbocycles. The molecule has 0 aliphatic carbocycles. The molecule has 4 N–H and O–H groups in total. The number of benzene rings is 1. The molecule has 0 saturated heterocycles. The van der Waals surface area contributed by atoms with Crippen LogP contribution in [-0.4, -0.2) is 29.6 Å². The highest BCUT2D eigenvalue weighted by Crippen LogP contribution is 2.05. The van der Waals surface area contributed by atoms with Gasteiger partial charge in [-0.25, -0.2) is 0 Å². The Labute approximate surface area is 125 Å². The van der Waals surface area contributed by atoms with Crippen LogP contribution in [0, 0.1) is 0 Å². The minimum absolute atomic E-state index is 0.148. The van der Waals surface area contributed by atoms with Gasteiger partial charge in [0.2, 0.25) is 0 Å². The van der Waals surface area contributed by atoms with Crippen molar-refractivity contribution in [2.24, 2.45) is 10.9 Å². The van der Waals surface area contributed by atoms with Crippen molar-refractivity contribution in [1.82, 2.24) is 5.32 Å². The van der Waals surface area contributed by atoms with E-state index in [-0.39, 0.29) is 5.84 Å². The number of nitrogens with two attached hydrogens (primary N) is 1. The smallest absolute Gasteiger partial charge is 0.170 e. The van der Waals surface area contributed by atoms with Crippen LogP contribution < -0.4 is 11.1 Å². The zero-order valence-corrected chi connectivity index (χ0v) is 13.0. The van der Waals surface area contributed by atoms with Crippen molar-refractivity contribution in [2.75, 3.05) is 18.6 Å². The number of thioether (sulfide) groups is 1. The average Bonchev–Trinajstić information content (AvgIpc) is 2.50. The van der Waals surface area contributed by atoms with Crippen LogP contribution in [0.1, 0.15) is 36.8 Å². The van der Waals surface area contributed by atoms with Gasteiger partial charge in [-0.15, -0.1) is 0 Å². The monoisotopic (exact) mass is 295 g/mol. The second-order valence-corrected chi connectivity index (χ2v) is 5.75. The van der Waals surface area contributed by atoms with Gasteiger partial charge < -0.3 is 16.3 Å². The summed E-state index contributed by atoms with van der Waals surface area (Å²) in [6, 6.07) is 7.74. The first-order chi connectivity index (χ1) is 9.77. The van der Waals surface area contributed by atoms with Gasteiger partial charge in [0.15, 0.2) is 5.84 Å². The Bertz CT molecular complexity index is 393. The molecule has 0 fully saturated rings. The predicted octanol–water partition coefficient (Wildman–Crippen LogP) is 2.79. The third-order valence-corrected chi connectivity index (χ3v) is 3.84. The van der Waals surface area contributed by atoms with Crippen molar-refractivity contribution in [2.45, 2.75) is 32.2 Å². The fraction of sp³-hybridized carbons (Fsp3) is 0.533. The van der Waals surface area contributed by atoms with E-state index in [4.69, 9.17) is 10.9 Å². The van der Waals surface area contributed by atoms with Crippen molar-refractivity contribution >= 4 is 17.6 Å². The van der Waals surface area contributed by atoms with Gasteiger partial charge in [-0.2, -0.15) is 11.8 Å². The Morgan fingerprint density at radius 3 is 2.55 bits per heavy atom. The first-order valence-corrected chi connectivity index (χ1v) is 8.44. The minimum atomic E-state index is 0.148. The first-order valence-electron chi connectivity index (χ1n) is 7.04. The Morgan fingerprint density at radius 1 is 1.20 bits per heavy atom. The maximum atomic E-state index is 8.58. The van der Waals surface area contributed by atoms with E-state index in [0.29, 0.717) is 0 Å². The predicted molar refractivity (Wildman–Crippen MR) is 87.5 cm³/mol. The van der Waals surface area contributed by atoms with E-state index in [1.54, 1.807) is 0 Å². The minimum Gasteiger partial charge on any atom is -0.409 e. The van der Waals surface area contributed by atoms with Crippen LogP contribution >= 0.6 is 11.8 Å². The number of hydrogen-bond acceptors (Lipinski definition) is 4. The van der Waals surface area contributed by atoms with Crippen molar-refractivity contribution in [3.63, 3.8) is 0 Å². The second-order valence-electron chi connectivity index (χ2n) is 4.77. The largest absolute Gasteiger partial charge is 0.409 e. The molecule has 0 unspecified atom stereocenters. The maximum Gasteiger partial charge on any atom is 0.170 e. The maximum absolute atomic E-state index is 8.58. The van der Waals surface area contributed by atoms with Gasteiger partial charge in [0.25, 0.3) is 0 Å². The molecule has 20 heavy (non-hydrogen) atoms. The molecule has 4 nitrogen and oxygen atoms in total. The molecule has 0 radical (unpaired) electrons. The zero-order chi connectivity index (χ0) is 14.6. The van der Waals surface area contributed by atoms with Gasteiger partial charge in [0, 0.05) is 12.1 Å². The van der Waals surface area contributed by atoms with Crippen LogP contribution in [-0.2, 0) is 6.54 Å². The lowest BCUT2D eigenvalue weighted by atomic mass is 10.1. The normalized spacial score (nSPS) is 11.8. The number of rotatable bonds is 10. The van der Waals surface area contributed by atoms with Crippen LogP contribution in [0.15, 0.2) is 29.4 Å². The van der Waals surface area contributed by atoms with E-state index in [1.807, 2.05) is 36.0 Å². The summed E-state index contributed by atoms with van der Waals surface area (Å²) in [5, 5.41) is 15.0. The van der Waals surface area contributed by atoms with Gasteiger partial charge in [0.05, 0.1) is 0 Å². The lowest BCUT2D eigenvalue weighted by Crippen LogP contribution is -2.15. The van der Waals surface area contributed by atoms with E-state index in [1.165, 1.54) is 37.0 Å². The van der Waals surface area contributed by atoms with Crippen LogP contribution in [0.25, 0.3) is 0 Å². The molecule has 5 heteroatoms. The fourth-order valence-corrected chi connectivity index (χ4v) is 2.43. The summed E-state index contributed by atoms with van der Waals surface area (Å²) in [4.78, 5) is 0. The summed E-state index contributed by atoms with van der Waals surface area (Å²) in [5.41, 5.74) is 7.47. The molecule has 0 atom stereocenters. The summed E-state index contributed by atoms with van der Waals surface area (Å²) in [5.74, 6) is 1.43. The van der Waals surface area contributed by atoms with Gasteiger partial charge in [-0.1, -0.05) is 42.3 Å². The average molecular weight is 295 g/mol. The summed E-state index contributed by atoms with van der Waals surface area (Å²) in [6.07, 6.45) is 7.35. The van der Waals surface area contributed by atoms with Gasteiger partial charge in [0.1, 0.15) is 0 Å². The highest BCUT2D eigenvalue weighted by molar-refractivity contribution is 7.98. The lowest BCUT2D eigenvalue weighted by molar-refractivity contribution is 0.318. The number of amidine groups is 1. The van der Waals surface area contributed by atoms with Crippen molar-refractivity contribution in [1.29, 1.82) is 0 Å². The molecule has 0 spiro atoms. The molecule has 0 heterocycles. The second kappa shape index (κ2) is 10.6. The molecule has 0 saturated carbocycles. The van der Waals surface area contributed by atoms with Crippen LogP contribution in [0.5, 0.6) is 0 Å². The van der Waals surface area contributed by atoms with E-state index in [0.717, 1.165) is 18.7 Å². The molecular formula is C15H25N3OS. The Balaban J connectivity index is 2.13. The molecule has 0 aromatic heterocycles. The summed E-state index contributed by atoms with van der Waals surface area (Å²) in [7, 11) is 0. The Kier molecular flexibility index (Phi) is 8.91. The molecule has 0 aliphatic heterocycles. The molecule has 0 bridgehead atoms. The molecular weight excluding hydrogens is 270 g/mol. The third kappa shape index (κ3) is 6.82. The van der Waals surface area contributed by atoms with Crippen molar-refractivity contribution in [3.05, 3.63) is 35.4 Å². The van der Waals surface area contributed by atoms with E-state index >= 15 is 0 Å². The molecule has 0 amide bonds. The summed E-state index contributed by atoms with van der Waals surface area (Å²) < 4.78 is 0. The van der Waals surface area contributed by atoms with Crippen LogP contribution in [0.3, 0.4) is 0 Å². The lowest BCUT2D eigenvalue weighted by Gasteiger charge is -2.06. The van der Waals surface area contributed by atoms with Crippen LogP contribution in [0.2, 0.25) is 0 Å². The third-order valence-electron chi connectivity index (χ3n) is 3.14. The Hall–Kier alpha value is -1.20. The number of nitrogens with one attached hydrogen (secondary N) is 1. The quantitative estimate of drug-likeness (QED) is 0.204. The number of hydrogen-bond donors (Lipinski definition) is 3. The van der Waals surface area contributed by atoms with Gasteiger partial charge in [-0.05, 0) is 37.0 Å². The first kappa shape index (κ1) is 16.9. The zero-order valence-electron chi connectivity index (χ0n) is 12.1. The number of nitrogens with zero attached hydrogens (tertiary/aromatic N) is 1. The van der Waals surface area contributed by atoms with Crippen molar-refractivity contribution in [3.8, 4) is 0 Å². The van der Waals surface area contributed by atoms with Gasteiger partial charge in [-0.3, -0.25) is 0 Å². The van der Waals surface area contributed by atoms with E-state index in [2.05, 4.69) is 16.7 Å². The number of unbranched alkanes of at least 4 members (excludes halogenated alkanes) is 3. The number of oxime groups is 1. The molecule has 0 aliphatic rings. The van der Waals surface area contributed by atoms with E-state index < -0.39 is 0 Å². The molecule has 1 aromatic rings. The fourth-order valence-electron chi connectivity index (χ4n) is 1.93. The standard InChI is InChI=1S/C15H25N3OS/c1-20-11-5-3-2-4-10-17-12-13-6-8-14(9-7-13)15(16)18-19/h6-9,17,19H,2-5,10-12H2,1H3,(H2,16,18). The SMILES string of the molecule is CSCCCCCCNCc1ccc(/C(N)=N/O)cc1.